The SMILES string of the molecule is O=C(CCN1C(=O)S/C(=C\C=C\c2ccccc2)C1=O)NCCc1ccc(O)cc1. The Balaban J connectivity index is 1.44. The number of amides is 3. The summed E-state index contributed by atoms with van der Waals surface area (Å²) in [6, 6.07) is 16.4. The van der Waals surface area contributed by atoms with Crippen molar-refractivity contribution >= 4 is 34.9 Å². The van der Waals surface area contributed by atoms with Crippen molar-refractivity contribution in [3.8, 4) is 5.75 Å². The summed E-state index contributed by atoms with van der Waals surface area (Å²) in [5.74, 6) is -0.398. The number of imide groups is 1. The summed E-state index contributed by atoms with van der Waals surface area (Å²) >= 11 is 0.880. The second-order valence-electron chi connectivity index (χ2n) is 6.64. The van der Waals surface area contributed by atoms with E-state index < -0.39 is 0 Å². The number of benzene rings is 2. The van der Waals surface area contributed by atoms with Crippen molar-refractivity contribution in [2.45, 2.75) is 12.8 Å². The Kier molecular flexibility index (Phi) is 7.45. The molecule has 6 nitrogen and oxygen atoms in total. The topological polar surface area (TPSA) is 86.7 Å². The third-order valence-corrected chi connectivity index (χ3v) is 5.37. The highest BCUT2D eigenvalue weighted by atomic mass is 32.2. The third-order valence-electron chi connectivity index (χ3n) is 4.44. The van der Waals surface area contributed by atoms with E-state index in [-0.39, 0.29) is 35.8 Å². The predicted molar refractivity (Wildman–Crippen MR) is 118 cm³/mol. The van der Waals surface area contributed by atoms with Crippen LogP contribution in [0, 0.1) is 0 Å². The number of phenolic OH excluding ortho intramolecular Hbond substituents is 1. The Bertz CT molecular complexity index is 968. The zero-order valence-electron chi connectivity index (χ0n) is 16.3. The highest BCUT2D eigenvalue weighted by molar-refractivity contribution is 8.18. The summed E-state index contributed by atoms with van der Waals surface area (Å²) in [5.41, 5.74) is 1.99. The molecule has 30 heavy (non-hydrogen) atoms. The number of aromatic hydroxyl groups is 1. The molecule has 1 aliphatic rings. The van der Waals surface area contributed by atoms with Crippen LogP contribution in [0.1, 0.15) is 17.5 Å². The van der Waals surface area contributed by atoms with Crippen LogP contribution < -0.4 is 5.32 Å². The molecule has 0 atom stereocenters. The highest BCUT2D eigenvalue weighted by Gasteiger charge is 2.34. The molecule has 154 valence electrons. The molecule has 2 aromatic carbocycles. The maximum Gasteiger partial charge on any atom is 0.293 e. The lowest BCUT2D eigenvalue weighted by molar-refractivity contribution is -0.124. The number of carbonyl (C=O) groups is 3. The minimum Gasteiger partial charge on any atom is -0.508 e. The summed E-state index contributed by atoms with van der Waals surface area (Å²) < 4.78 is 0. The minimum atomic E-state index is -0.375. The first kappa shape index (κ1) is 21.4. The summed E-state index contributed by atoms with van der Waals surface area (Å²) in [7, 11) is 0. The monoisotopic (exact) mass is 422 g/mol. The van der Waals surface area contributed by atoms with Gasteiger partial charge in [-0.15, -0.1) is 0 Å². The van der Waals surface area contributed by atoms with Crippen molar-refractivity contribution in [3.05, 3.63) is 82.8 Å². The molecule has 0 saturated carbocycles. The molecule has 3 amide bonds. The Hall–Kier alpha value is -3.32. The van der Waals surface area contributed by atoms with E-state index in [0.717, 1.165) is 27.8 Å². The molecule has 1 fully saturated rings. The lowest BCUT2D eigenvalue weighted by atomic mass is 10.1. The zero-order valence-corrected chi connectivity index (χ0v) is 17.1. The van der Waals surface area contributed by atoms with Gasteiger partial charge in [0.15, 0.2) is 0 Å². The van der Waals surface area contributed by atoms with E-state index in [2.05, 4.69) is 5.32 Å². The van der Waals surface area contributed by atoms with Gasteiger partial charge in [0.05, 0.1) is 4.91 Å². The van der Waals surface area contributed by atoms with Gasteiger partial charge in [-0.05, 0) is 47.5 Å². The van der Waals surface area contributed by atoms with Crippen LogP contribution in [0.4, 0.5) is 4.79 Å². The zero-order chi connectivity index (χ0) is 21.3. The Morgan fingerprint density at radius 2 is 1.80 bits per heavy atom. The van der Waals surface area contributed by atoms with E-state index in [0.29, 0.717) is 17.9 Å². The maximum atomic E-state index is 12.4. The summed E-state index contributed by atoms with van der Waals surface area (Å²) in [6.07, 6.45) is 5.90. The van der Waals surface area contributed by atoms with E-state index in [9.17, 15) is 19.5 Å². The normalized spacial score (nSPS) is 15.3. The Morgan fingerprint density at radius 1 is 1.07 bits per heavy atom. The first-order chi connectivity index (χ1) is 14.5. The molecular formula is C23H22N2O4S. The van der Waals surface area contributed by atoms with Crippen LogP contribution in [0.25, 0.3) is 6.08 Å². The van der Waals surface area contributed by atoms with Crippen molar-refractivity contribution in [1.29, 1.82) is 0 Å². The first-order valence-electron chi connectivity index (χ1n) is 9.54. The van der Waals surface area contributed by atoms with Crippen molar-refractivity contribution < 1.29 is 19.5 Å². The number of thioether (sulfide) groups is 1. The number of nitrogens with one attached hydrogen (secondary N) is 1. The van der Waals surface area contributed by atoms with Gasteiger partial charge in [0.1, 0.15) is 5.75 Å². The number of carbonyl (C=O) groups excluding carboxylic acids is 3. The smallest absolute Gasteiger partial charge is 0.293 e. The van der Waals surface area contributed by atoms with Crippen molar-refractivity contribution in [2.24, 2.45) is 0 Å². The van der Waals surface area contributed by atoms with Crippen LogP contribution in [0.2, 0.25) is 0 Å². The summed E-state index contributed by atoms with van der Waals surface area (Å²) in [6.45, 7) is 0.491. The van der Waals surface area contributed by atoms with Gasteiger partial charge in [-0.3, -0.25) is 19.3 Å². The quantitative estimate of drug-likeness (QED) is 0.633. The van der Waals surface area contributed by atoms with Crippen LogP contribution in [-0.2, 0) is 16.0 Å². The molecule has 0 radical (unpaired) electrons. The van der Waals surface area contributed by atoms with Gasteiger partial charge in [-0.25, -0.2) is 0 Å². The van der Waals surface area contributed by atoms with Crippen molar-refractivity contribution in [2.75, 3.05) is 13.1 Å². The van der Waals surface area contributed by atoms with Gasteiger partial charge in [-0.2, -0.15) is 0 Å². The molecule has 1 saturated heterocycles. The summed E-state index contributed by atoms with van der Waals surface area (Å²) in [4.78, 5) is 38.0. The van der Waals surface area contributed by atoms with Crippen LogP contribution in [0.3, 0.4) is 0 Å². The van der Waals surface area contributed by atoms with Crippen LogP contribution >= 0.6 is 11.8 Å². The molecule has 7 heteroatoms. The van der Waals surface area contributed by atoms with E-state index in [4.69, 9.17) is 0 Å². The Morgan fingerprint density at radius 3 is 2.53 bits per heavy atom. The van der Waals surface area contributed by atoms with E-state index in [1.807, 2.05) is 36.4 Å². The lowest BCUT2D eigenvalue weighted by Crippen LogP contribution is -2.34. The lowest BCUT2D eigenvalue weighted by Gasteiger charge is -2.12. The van der Waals surface area contributed by atoms with E-state index in [1.54, 1.807) is 36.4 Å². The van der Waals surface area contributed by atoms with Gasteiger partial charge in [-0.1, -0.05) is 54.6 Å². The Labute approximate surface area is 179 Å². The first-order valence-corrected chi connectivity index (χ1v) is 10.4. The predicted octanol–water partition coefficient (Wildman–Crippen LogP) is 3.73. The highest BCUT2D eigenvalue weighted by Crippen LogP contribution is 2.30. The molecule has 1 aliphatic heterocycles. The second kappa shape index (κ2) is 10.5. The van der Waals surface area contributed by atoms with Gasteiger partial charge in [0, 0.05) is 19.5 Å². The largest absolute Gasteiger partial charge is 0.508 e. The minimum absolute atomic E-state index is 0.0510. The van der Waals surface area contributed by atoms with Gasteiger partial charge < -0.3 is 10.4 Å². The molecule has 2 N–H and O–H groups in total. The average molecular weight is 423 g/mol. The van der Waals surface area contributed by atoms with Crippen LogP contribution in [-0.4, -0.2) is 40.1 Å². The molecule has 0 spiro atoms. The third kappa shape index (κ3) is 6.09. The average Bonchev–Trinajstić information content (AvgIpc) is 3.01. The number of rotatable bonds is 8. The van der Waals surface area contributed by atoms with Crippen molar-refractivity contribution in [1.82, 2.24) is 10.2 Å². The van der Waals surface area contributed by atoms with Gasteiger partial charge >= 0.3 is 0 Å². The fourth-order valence-corrected chi connectivity index (χ4v) is 3.64. The van der Waals surface area contributed by atoms with Gasteiger partial charge in [0.25, 0.3) is 11.1 Å². The molecule has 0 aromatic heterocycles. The van der Waals surface area contributed by atoms with Crippen LogP contribution in [0.15, 0.2) is 71.7 Å². The number of hydrogen-bond acceptors (Lipinski definition) is 5. The standard InChI is InChI=1S/C23H22N2O4S/c26-19-11-9-18(10-12-19)13-15-24-21(27)14-16-25-22(28)20(30-23(25)29)8-4-7-17-5-2-1-3-6-17/h1-12,26H,13-16H2,(H,24,27)/b7-4+,20-8-. The number of hydrogen-bond donors (Lipinski definition) is 2. The molecule has 0 bridgehead atoms. The molecule has 3 rings (SSSR count). The molecule has 1 heterocycles. The van der Waals surface area contributed by atoms with Gasteiger partial charge in [0.2, 0.25) is 5.91 Å². The molecular weight excluding hydrogens is 400 g/mol. The second-order valence-corrected chi connectivity index (χ2v) is 7.64. The maximum absolute atomic E-state index is 12.4. The molecule has 0 aliphatic carbocycles. The van der Waals surface area contributed by atoms with Crippen LogP contribution in [0.5, 0.6) is 5.75 Å². The van der Waals surface area contributed by atoms with E-state index in [1.165, 1.54) is 0 Å². The molecule has 0 unspecified atom stereocenters. The fourth-order valence-electron chi connectivity index (χ4n) is 2.83. The number of nitrogens with zero attached hydrogens (tertiary/aromatic N) is 1. The van der Waals surface area contributed by atoms with Crippen molar-refractivity contribution in [3.63, 3.8) is 0 Å². The number of allylic oxidation sites excluding steroid dienone is 2. The summed E-state index contributed by atoms with van der Waals surface area (Å²) in [5, 5.41) is 11.7. The number of phenols is 1. The molecule has 2 aromatic rings. The fraction of sp³-hybridized carbons (Fsp3) is 0.174. The van der Waals surface area contributed by atoms with E-state index >= 15 is 0 Å².